The second kappa shape index (κ2) is 5.62. The van der Waals surface area contributed by atoms with E-state index in [1.54, 1.807) is 0 Å². The molecule has 0 radical (unpaired) electrons. The molecule has 0 aromatic heterocycles. The van der Waals surface area contributed by atoms with E-state index in [9.17, 15) is 4.79 Å². The Morgan fingerprint density at radius 2 is 2.41 bits per heavy atom. The second-order valence-corrected chi connectivity index (χ2v) is 4.96. The van der Waals surface area contributed by atoms with Gasteiger partial charge in [0.1, 0.15) is 0 Å². The minimum atomic E-state index is -0.792. The molecule has 1 N–H and O–H groups in total. The van der Waals surface area contributed by atoms with Gasteiger partial charge >= 0.3 is 5.97 Å². The van der Waals surface area contributed by atoms with Crippen LogP contribution in [0.4, 0.5) is 0 Å². The average Bonchev–Trinajstić information content (AvgIpc) is 2.28. The van der Waals surface area contributed by atoms with Gasteiger partial charge < -0.3 is 9.84 Å². The van der Waals surface area contributed by atoms with Crippen molar-refractivity contribution >= 4 is 21.9 Å². The minimum absolute atomic E-state index is 0.0411. The van der Waals surface area contributed by atoms with Crippen molar-refractivity contribution in [3.05, 3.63) is 34.3 Å². The predicted octanol–water partition coefficient (Wildman–Crippen LogP) is 1.91. The van der Waals surface area contributed by atoms with Crippen LogP contribution in [0.25, 0.3) is 0 Å². The molecule has 2 rings (SSSR count). The van der Waals surface area contributed by atoms with E-state index < -0.39 is 5.97 Å². The highest BCUT2D eigenvalue weighted by atomic mass is 79.9. The number of halogens is 1. The van der Waals surface area contributed by atoms with Crippen LogP contribution >= 0.6 is 15.9 Å². The molecule has 0 spiro atoms. The Labute approximate surface area is 108 Å². The predicted molar refractivity (Wildman–Crippen MR) is 66.9 cm³/mol. The Morgan fingerprint density at radius 3 is 3.12 bits per heavy atom. The van der Waals surface area contributed by atoms with E-state index in [4.69, 9.17) is 9.84 Å². The maximum atomic E-state index is 10.7. The molecule has 1 atom stereocenters. The Balaban J connectivity index is 2.04. The zero-order valence-electron chi connectivity index (χ0n) is 9.30. The molecule has 4 nitrogen and oxygen atoms in total. The molecule has 1 aromatic rings. The quantitative estimate of drug-likeness (QED) is 0.926. The van der Waals surface area contributed by atoms with Crippen molar-refractivity contribution in [3.63, 3.8) is 0 Å². The average molecular weight is 300 g/mol. The molecular weight excluding hydrogens is 286 g/mol. The van der Waals surface area contributed by atoms with Crippen molar-refractivity contribution < 1.29 is 14.6 Å². The summed E-state index contributed by atoms with van der Waals surface area (Å²) in [4.78, 5) is 12.6. The van der Waals surface area contributed by atoms with Gasteiger partial charge in [0, 0.05) is 17.6 Å². The molecule has 0 bridgehead atoms. The number of carboxylic acid groups (broad SMARTS) is 1. The van der Waals surface area contributed by atoms with Crippen LogP contribution in [0, 0.1) is 0 Å². The molecule has 0 amide bonds. The van der Waals surface area contributed by atoms with Crippen LogP contribution in [0.1, 0.15) is 11.7 Å². The molecule has 0 saturated carbocycles. The van der Waals surface area contributed by atoms with Crippen molar-refractivity contribution in [3.8, 4) is 0 Å². The van der Waals surface area contributed by atoms with Crippen molar-refractivity contribution in [2.75, 3.05) is 26.2 Å². The summed E-state index contributed by atoms with van der Waals surface area (Å²) in [5, 5.41) is 8.78. The summed E-state index contributed by atoms with van der Waals surface area (Å²) >= 11 is 3.42. The molecule has 1 aliphatic heterocycles. The van der Waals surface area contributed by atoms with Gasteiger partial charge in [-0.1, -0.05) is 28.1 Å². The molecule has 5 heteroatoms. The van der Waals surface area contributed by atoms with E-state index >= 15 is 0 Å². The largest absolute Gasteiger partial charge is 0.480 e. The summed E-state index contributed by atoms with van der Waals surface area (Å²) in [6.07, 6.45) is -0.0411. The van der Waals surface area contributed by atoms with E-state index in [0.717, 1.165) is 10.0 Å². The van der Waals surface area contributed by atoms with E-state index in [0.29, 0.717) is 19.7 Å². The summed E-state index contributed by atoms with van der Waals surface area (Å²) in [7, 11) is 0. The molecule has 1 heterocycles. The first-order valence-corrected chi connectivity index (χ1v) is 6.25. The van der Waals surface area contributed by atoms with Gasteiger partial charge in [-0.25, -0.2) is 0 Å². The number of ether oxygens (including phenoxy) is 1. The van der Waals surface area contributed by atoms with Gasteiger partial charge in [-0.15, -0.1) is 0 Å². The molecular formula is C12H14BrNO3. The number of carboxylic acids is 1. The van der Waals surface area contributed by atoms with Crippen LogP contribution in [-0.4, -0.2) is 42.2 Å². The van der Waals surface area contributed by atoms with E-state index in [1.807, 2.05) is 29.2 Å². The molecule has 1 aliphatic rings. The lowest BCUT2D eigenvalue weighted by Gasteiger charge is -2.32. The summed E-state index contributed by atoms with van der Waals surface area (Å²) in [6.45, 7) is 1.96. The standard InChI is InChI=1S/C12H14BrNO3/c13-10-3-1-2-9(6-10)11-7-14(4-5-17-11)8-12(15)16/h1-3,6,11H,4-5,7-8H2,(H,15,16). The van der Waals surface area contributed by atoms with Crippen LogP contribution in [-0.2, 0) is 9.53 Å². The molecule has 1 aromatic carbocycles. The molecule has 0 aliphatic carbocycles. The lowest BCUT2D eigenvalue weighted by atomic mass is 10.1. The molecule has 1 saturated heterocycles. The number of hydrogen-bond acceptors (Lipinski definition) is 3. The van der Waals surface area contributed by atoms with Crippen LogP contribution in [0.15, 0.2) is 28.7 Å². The number of rotatable bonds is 3. The van der Waals surface area contributed by atoms with Crippen molar-refractivity contribution in [1.82, 2.24) is 4.90 Å². The molecule has 92 valence electrons. The number of morpholine rings is 1. The fraction of sp³-hybridized carbons (Fsp3) is 0.417. The van der Waals surface area contributed by atoms with Crippen molar-refractivity contribution in [2.45, 2.75) is 6.10 Å². The highest BCUT2D eigenvalue weighted by Gasteiger charge is 2.23. The number of benzene rings is 1. The number of nitrogens with zero attached hydrogens (tertiary/aromatic N) is 1. The third-order valence-corrected chi connectivity index (χ3v) is 3.22. The third-order valence-electron chi connectivity index (χ3n) is 2.73. The minimum Gasteiger partial charge on any atom is -0.480 e. The normalized spacial score (nSPS) is 21.4. The first-order valence-electron chi connectivity index (χ1n) is 5.46. The van der Waals surface area contributed by atoms with Crippen molar-refractivity contribution in [1.29, 1.82) is 0 Å². The zero-order valence-corrected chi connectivity index (χ0v) is 10.9. The van der Waals surface area contributed by atoms with Gasteiger partial charge in [0.25, 0.3) is 0 Å². The van der Waals surface area contributed by atoms with Gasteiger partial charge in [0.15, 0.2) is 0 Å². The Kier molecular flexibility index (Phi) is 4.15. The lowest BCUT2D eigenvalue weighted by Crippen LogP contribution is -2.41. The summed E-state index contributed by atoms with van der Waals surface area (Å²) in [5.74, 6) is -0.792. The second-order valence-electron chi connectivity index (χ2n) is 4.04. The first-order chi connectivity index (χ1) is 8.15. The fourth-order valence-corrected chi connectivity index (χ4v) is 2.36. The molecule has 1 fully saturated rings. The third kappa shape index (κ3) is 3.52. The van der Waals surface area contributed by atoms with Crippen molar-refractivity contribution in [2.24, 2.45) is 0 Å². The summed E-state index contributed by atoms with van der Waals surface area (Å²) in [5.41, 5.74) is 1.08. The fourth-order valence-electron chi connectivity index (χ4n) is 1.95. The smallest absolute Gasteiger partial charge is 0.317 e. The van der Waals surface area contributed by atoms with E-state index in [1.165, 1.54) is 0 Å². The van der Waals surface area contributed by atoms with Crippen LogP contribution in [0.2, 0.25) is 0 Å². The maximum absolute atomic E-state index is 10.7. The topological polar surface area (TPSA) is 49.8 Å². The number of hydrogen-bond donors (Lipinski definition) is 1. The van der Waals surface area contributed by atoms with Gasteiger partial charge in [-0.05, 0) is 17.7 Å². The number of aliphatic carboxylic acids is 1. The van der Waals surface area contributed by atoms with Gasteiger partial charge in [-0.2, -0.15) is 0 Å². The van der Waals surface area contributed by atoms with Crippen LogP contribution < -0.4 is 0 Å². The number of carbonyl (C=O) groups is 1. The molecule has 17 heavy (non-hydrogen) atoms. The summed E-state index contributed by atoms with van der Waals surface area (Å²) in [6, 6.07) is 7.93. The van der Waals surface area contributed by atoms with Gasteiger partial charge in [0.05, 0.1) is 19.3 Å². The Hall–Kier alpha value is -0.910. The Bertz CT molecular complexity index is 410. The monoisotopic (exact) mass is 299 g/mol. The van der Waals surface area contributed by atoms with E-state index in [-0.39, 0.29) is 12.6 Å². The Morgan fingerprint density at radius 1 is 1.59 bits per heavy atom. The summed E-state index contributed by atoms with van der Waals surface area (Å²) < 4.78 is 6.68. The van der Waals surface area contributed by atoms with Crippen LogP contribution in [0.3, 0.4) is 0 Å². The lowest BCUT2D eigenvalue weighted by molar-refractivity contribution is -0.140. The first kappa shape index (κ1) is 12.5. The highest BCUT2D eigenvalue weighted by molar-refractivity contribution is 9.10. The highest BCUT2D eigenvalue weighted by Crippen LogP contribution is 2.24. The SMILES string of the molecule is O=C(O)CN1CCOC(c2cccc(Br)c2)C1. The molecule has 1 unspecified atom stereocenters. The van der Waals surface area contributed by atoms with Crippen LogP contribution in [0.5, 0.6) is 0 Å². The zero-order chi connectivity index (χ0) is 12.3. The van der Waals surface area contributed by atoms with Gasteiger partial charge in [0.2, 0.25) is 0 Å². The van der Waals surface area contributed by atoms with E-state index in [2.05, 4.69) is 15.9 Å². The maximum Gasteiger partial charge on any atom is 0.317 e. The van der Waals surface area contributed by atoms with Gasteiger partial charge in [-0.3, -0.25) is 9.69 Å².